The molecule has 2 N–H and O–H groups in total. The molecule has 1 aliphatic heterocycles. The molecule has 0 amide bonds. The first-order valence-corrected chi connectivity index (χ1v) is 8.51. The number of aryl methyl sites for hydroxylation is 1. The molecule has 0 fully saturated rings. The summed E-state index contributed by atoms with van der Waals surface area (Å²) >= 11 is 0. The molecule has 0 unspecified atom stereocenters. The summed E-state index contributed by atoms with van der Waals surface area (Å²) in [6.07, 6.45) is 2.78. The van der Waals surface area contributed by atoms with Crippen LogP contribution in [0.3, 0.4) is 0 Å². The van der Waals surface area contributed by atoms with Gasteiger partial charge in [-0.15, -0.1) is 0 Å². The van der Waals surface area contributed by atoms with E-state index in [1.54, 1.807) is 12.1 Å². The highest BCUT2D eigenvalue weighted by Gasteiger charge is 2.24. The quantitative estimate of drug-likeness (QED) is 0.834. The summed E-state index contributed by atoms with van der Waals surface area (Å²) in [5, 5.41) is 12.3. The van der Waals surface area contributed by atoms with Gasteiger partial charge in [-0.3, -0.25) is 0 Å². The third-order valence-electron chi connectivity index (χ3n) is 3.48. The van der Waals surface area contributed by atoms with Crippen LogP contribution in [0.1, 0.15) is 25.3 Å². The summed E-state index contributed by atoms with van der Waals surface area (Å²) in [6.45, 7) is 3.20. The van der Waals surface area contributed by atoms with Crippen LogP contribution in [0.15, 0.2) is 23.1 Å². The minimum atomic E-state index is -3.53. The normalized spacial score (nSPS) is 14.9. The lowest BCUT2D eigenvalue weighted by atomic mass is 10.0. The van der Waals surface area contributed by atoms with Crippen molar-refractivity contribution >= 4 is 15.7 Å². The van der Waals surface area contributed by atoms with Gasteiger partial charge in [0.05, 0.1) is 11.5 Å². The van der Waals surface area contributed by atoms with E-state index in [2.05, 4.69) is 5.32 Å². The van der Waals surface area contributed by atoms with Gasteiger partial charge < -0.3 is 10.4 Å². The van der Waals surface area contributed by atoms with Crippen molar-refractivity contribution in [1.82, 2.24) is 4.31 Å². The van der Waals surface area contributed by atoms with Gasteiger partial charge in [0, 0.05) is 25.3 Å². The van der Waals surface area contributed by atoms with E-state index in [1.165, 1.54) is 9.87 Å². The molecule has 0 radical (unpaired) electrons. The average molecular weight is 298 g/mol. The molecule has 0 spiro atoms. The molecule has 2 rings (SSSR count). The third-order valence-corrected chi connectivity index (χ3v) is 5.37. The van der Waals surface area contributed by atoms with Crippen molar-refractivity contribution in [2.75, 3.05) is 31.6 Å². The molecule has 1 aromatic carbocycles. The maximum Gasteiger partial charge on any atom is 0.243 e. The Hall–Kier alpha value is -1.11. The first-order valence-electron chi connectivity index (χ1n) is 7.07. The molecule has 0 aromatic heterocycles. The van der Waals surface area contributed by atoms with Crippen LogP contribution in [0, 0.1) is 0 Å². The minimum Gasteiger partial charge on any atom is -0.395 e. The SMILES string of the molecule is CCCN(CCO)S(=O)(=O)c1ccc2c(c1)NCCC2. The Balaban J connectivity index is 2.32. The fourth-order valence-corrected chi connectivity index (χ4v) is 4.01. The van der Waals surface area contributed by atoms with Crippen LogP contribution in [0.4, 0.5) is 5.69 Å². The summed E-state index contributed by atoms with van der Waals surface area (Å²) in [5.41, 5.74) is 2.08. The standard InChI is InChI=1S/C14H22N2O3S/c1-2-8-16(9-10-17)20(18,19)13-6-5-12-4-3-7-15-14(12)11-13/h5-6,11,15,17H,2-4,7-10H2,1H3. The number of hydrogen-bond acceptors (Lipinski definition) is 4. The van der Waals surface area contributed by atoms with Crippen LogP contribution in [-0.4, -0.2) is 44.1 Å². The number of sulfonamides is 1. The summed E-state index contributed by atoms with van der Waals surface area (Å²) in [6, 6.07) is 5.27. The van der Waals surface area contributed by atoms with E-state index in [0.29, 0.717) is 11.4 Å². The van der Waals surface area contributed by atoms with E-state index in [1.807, 2.05) is 13.0 Å². The Morgan fingerprint density at radius 3 is 2.85 bits per heavy atom. The van der Waals surface area contributed by atoms with E-state index in [0.717, 1.165) is 31.5 Å². The third kappa shape index (κ3) is 3.13. The molecular formula is C14H22N2O3S. The number of aliphatic hydroxyl groups is 1. The number of hydrogen-bond donors (Lipinski definition) is 2. The van der Waals surface area contributed by atoms with Crippen LogP contribution in [0.2, 0.25) is 0 Å². The zero-order valence-corrected chi connectivity index (χ0v) is 12.6. The molecule has 20 heavy (non-hydrogen) atoms. The van der Waals surface area contributed by atoms with E-state index >= 15 is 0 Å². The lowest BCUT2D eigenvalue weighted by molar-refractivity contribution is 0.253. The van der Waals surface area contributed by atoms with E-state index < -0.39 is 10.0 Å². The molecular weight excluding hydrogens is 276 g/mol. The van der Waals surface area contributed by atoms with Gasteiger partial charge in [0.15, 0.2) is 0 Å². The van der Waals surface area contributed by atoms with Crippen molar-refractivity contribution in [3.05, 3.63) is 23.8 Å². The van der Waals surface area contributed by atoms with Gasteiger partial charge in [-0.1, -0.05) is 13.0 Å². The zero-order valence-electron chi connectivity index (χ0n) is 11.8. The number of anilines is 1. The van der Waals surface area contributed by atoms with Gasteiger partial charge in [0.2, 0.25) is 10.0 Å². The van der Waals surface area contributed by atoms with Crippen molar-refractivity contribution in [2.24, 2.45) is 0 Å². The van der Waals surface area contributed by atoms with Crippen molar-refractivity contribution < 1.29 is 13.5 Å². The summed E-state index contributed by atoms with van der Waals surface area (Å²) in [7, 11) is -3.53. The highest BCUT2D eigenvalue weighted by atomic mass is 32.2. The molecule has 0 atom stereocenters. The van der Waals surface area contributed by atoms with Crippen molar-refractivity contribution in [3.63, 3.8) is 0 Å². The number of nitrogens with one attached hydrogen (secondary N) is 1. The molecule has 112 valence electrons. The summed E-state index contributed by atoms with van der Waals surface area (Å²) in [4.78, 5) is 0.299. The fraction of sp³-hybridized carbons (Fsp3) is 0.571. The van der Waals surface area contributed by atoms with E-state index in [9.17, 15) is 8.42 Å². The number of nitrogens with zero attached hydrogens (tertiary/aromatic N) is 1. The Kier molecular flexibility index (Phi) is 5.01. The molecule has 6 heteroatoms. The van der Waals surface area contributed by atoms with Gasteiger partial charge in [-0.05, 0) is 37.0 Å². The summed E-state index contributed by atoms with van der Waals surface area (Å²) in [5.74, 6) is 0. The molecule has 5 nitrogen and oxygen atoms in total. The number of aliphatic hydroxyl groups excluding tert-OH is 1. The zero-order chi connectivity index (χ0) is 14.6. The maximum absolute atomic E-state index is 12.6. The Labute approximate surface area is 120 Å². The van der Waals surface area contributed by atoms with Crippen molar-refractivity contribution in [3.8, 4) is 0 Å². The second-order valence-corrected chi connectivity index (χ2v) is 6.91. The van der Waals surface area contributed by atoms with Gasteiger partial charge in [-0.25, -0.2) is 8.42 Å². The molecule has 1 aliphatic rings. The van der Waals surface area contributed by atoms with Crippen LogP contribution < -0.4 is 5.32 Å². The van der Waals surface area contributed by atoms with Gasteiger partial charge >= 0.3 is 0 Å². The molecule has 0 saturated carbocycles. The lowest BCUT2D eigenvalue weighted by Crippen LogP contribution is -2.34. The van der Waals surface area contributed by atoms with Crippen molar-refractivity contribution in [1.29, 1.82) is 0 Å². The first-order chi connectivity index (χ1) is 9.59. The average Bonchev–Trinajstić information content (AvgIpc) is 2.46. The lowest BCUT2D eigenvalue weighted by Gasteiger charge is -2.23. The molecule has 1 heterocycles. The van der Waals surface area contributed by atoms with Crippen LogP contribution in [0.25, 0.3) is 0 Å². The Bertz CT molecular complexity index is 552. The first kappa shape index (κ1) is 15.3. The molecule has 1 aromatic rings. The number of fused-ring (bicyclic) bond motifs is 1. The van der Waals surface area contributed by atoms with Crippen LogP contribution in [-0.2, 0) is 16.4 Å². The number of rotatable bonds is 6. The van der Waals surface area contributed by atoms with Crippen LogP contribution >= 0.6 is 0 Å². The molecule has 0 aliphatic carbocycles. The fourth-order valence-electron chi connectivity index (χ4n) is 2.46. The highest BCUT2D eigenvalue weighted by molar-refractivity contribution is 7.89. The van der Waals surface area contributed by atoms with E-state index in [4.69, 9.17) is 5.11 Å². The second kappa shape index (κ2) is 6.56. The highest BCUT2D eigenvalue weighted by Crippen LogP contribution is 2.26. The second-order valence-electron chi connectivity index (χ2n) is 4.98. The Morgan fingerprint density at radius 2 is 2.15 bits per heavy atom. The van der Waals surface area contributed by atoms with Gasteiger partial charge in [0.25, 0.3) is 0 Å². The topological polar surface area (TPSA) is 69.6 Å². The van der Waals surface area contributed by atoms with Crippen LogP contribution in [0.5, 0.6) is 0 Å². The summed E-state index contributed by atoms with van der Waals surface area (Å²) < 4.78 is 26.5. The largest absolute Gasteiger partial charge is 0.395 e. The van der Waals surface area contributed by atoms with Gasteiger partial charge in [-0.2, -0.15) is 4.31 Å². The Morgan fingerprint density at radius 1 is 1.35 bits per heavy atom. The number of benzene rings is 1. The molecule has 0 bridgehead atoms. The predicted molar refractivity (Wildman–Crippen MR) is 79.4 cm³/mol. The predicted octanol–water partition coefficient (Wildman–Crippen LogP) is 1.44. The maximum atomic E-state index is 12.6. The smallest absolute Gasteiger partial charge is 0.243 e. The molecule has 0 saturated heterocycles. The van der Waals surface area contributed by atoms with E-state index in [-0.39, 0.29) is 13.2 Å². The minimum absolute atomic E-state index is 0.140. The van der Waals surface area contributed by atoms with Gasteiger partial charge in [0.1, 0.15) is 0 Å². The monoisotopic (exact) mass is 298 g/mol. The van der Waals surface area contributed by atoms with Crippen molar-refractivity contribution in [2.45, 2.75) is 31.1 Å².